The molecule has 2 aromatic rings. The van der Waals surface area contributed by atoms with E-state index in [2.05, 4.69) is 36.3 Å². The van der Waals surface area contributed by atoms with Crippen molar-refractivity contribution < 1.29 is 14.7 Å². The summed E-state index contributed by atoms with van der Waals surface area (Å²) in [6.45, 7) is 5.56. The maximum absolute atomic E-state index is 12.9. The Morgan fingerprint density at radius 3 is 2.33 bits per heavy atom. The van der Waals surface area contributed by atoms with E-state index < -0.39 is 6.09 Å². The monoisotopic (exact) mass is 594 g/mol. The number of hydrogen-bond donors (Lipinski definition) is 2. The van der Waals surface area contributed by atoms with Crippen molar-refractivity contribution in [1.82, 2.24) is 25.3 Å². The topological polar surface area (TPSA) is 129 Å². The van der Waals surface area contributed by atoms with Gasteiger partial charge in [-0.25, -0.2) is 4.79 Å². The molecule has 12 heteroatoms. The zero-order valence-corrected chi connectivity index (χ0v) is 24.8. The van der Waals surface area contributed by atoms with Crippen LogP contribution in [0.1, 0.15) is 54.6 Å². The first-order chi connectivity index (χ1) is 20.3. The standard InChI is InChI=1S/C30H39ClN8O3/c1-36(25-5-2-22(19-32)26(31)18-25)24-6-3-23(4-7-24)33-29(40)27-8-9-28(35-34-27)38-12-10-21(11-13-38)20-37-14-16-39(17-15-37)30(41)42/h2,5,8-9,18,21,23-24H,3-4,6-7,10-17,20H2,1H3,(H,33,40)(H,41,42). The minimum Gasteiger partial charge on any atom is -0.465 e. The van der Waals surface area contributed by atoms with Crippen LogP contribution >= 0.6 is 11.6 Å². The number of nitriles is 1. The second kappa shape index (κ2) is 13.6. The molecular formula is C30H39ClN8O3. The van der Waals surface area contributed by atoms with Gasteiger partial charge in [-0.1, -0.05) is 11.6 Å². The van der Waals surface area contributed by atoms with E-state index in [9.17, 15) is 9.59 Å². The van der Waals surface area contributed by atoms with Crippen LogP contribution in [0.2, 0.25) is 5.02 Å². The lowest BCUT2D eigenvalue weighted by atomic mass is 9.90. The number of piperazine rings is 1. The van der Waals surface area contributed by atoms with E-state index >= 15 is 0 Å². The molecule has 3 heterocycles. The van der Waals surface area contributed by atoms with E-state index in [0.29, 0.717) is 41.3 Å². The van der Waals surface area contributed by atoms with Gasteiger partial charge in [0.05, 0.1) is 10.6 Å². The Labute approximate surface area is 252 Å². The normalized spacial score (nSPS) is 21.9. The van der Waals surface area contributed by atoms with Crippen LogP contribution in [0.25, 0.3) is 0 Å². The van der Waals surface area contributed by atoms with Crippen molar-refractivity contribution in [2.24, 2.45) is 5.92 Å². The molecule has 42 heavy (non-hydrogen) atoms. The Morgan fingerprint density at radius 2 is 1.74 bits per heavy atom. The average Bonchev–Trinajstić information content (AvgIpc) is 3.02. The third-order valence-corrected chi connectivity index (χ3v) is 9.35. The number of halogens is 1. The van der Waals surface area contributed by atoms with E-state index in [1.165, 1.54) is 4.90 Å². The summed E-state index contributed by atoms with van der Waals surface area (Å²) >= 11 is 6.23. The van der Waals surface area contributed by atoms with Crippen LogP contribution in [-0.4, -0.2) is 102 Å². The molecule has 3 aliphatic rings. The number of nitrogens with zero attached hydrogens (tertiary/aromatic N) is 7. The largest absolute Gasteiger partial charge is 0.465 e. The second-order valence-corrected chi connectivity index (χ2v) is 12.1. The highest BCUT2D eigenvalue weighted by Gasteiger charge is 2.28. The minimum atomic E-state index is -0.827. The molecule has 0 unspecified atom stereocenters. The van der Waals surface area contributed by atoms with Gasteiger partial charge >= 0.3 is 6.09 Å². The Balaban J connectivity index is 1.04. The lowest BCUT2D eigenvalue weighted by Crippen LogP contribution is -2.50. The van der Waals surface area contributed by atoms with Crippen LogP contribution in [0.4, 0.5) is 16.3 Å². The van der Waals surface area contributed by atoms with Crippen LogP contribution in [0.5, 0.6) is 0 Å². The summed E-state index contributed by atoms with van der Waals surface area (Å²) in [4.78, 5) is 32.3. The van der Waals surface area contributed by atoms with Gasteiger partial charge in [-0.3, -0.25) is 9.69 Å². The van der Waals surface area contributed by atoms with Gasteiger partial charge in [0, 0.05) is 70.6 Å². The molecule has 1 aromatic heterocycles. The van der Waals surface area contributed by atoms with Crippen LogP contribution in [0, 0.1) is 17.2 Å². The van der Waals surface area contributed by atoms with Crippen LogP contribution < -0.4 is 15.1 Å². The summed E-state index contributed by atoms with van der Waals surface area (Å²) in [5.74, 6) is 1.20. The average molecular weight is 595 g/mol. The number of amides is 2. The lowest BCUT2D eigenvalue weighted by molar-refractivity contribution is 0.0919. The molecule has 224 valence electrons. The first-order valence-corrected chi connectivity index (χ1v) is 15.2. The Morgan fingerprint density at radius 1 is 1.02 bits per heavy atom. The third kappa shape index (κ3) is 7.23. The maximum Gasteiger partial charge on any atom is 0.407 e. The highest BCUT2D eigenvalue weighted by Crippen LogP contribution is 2.29. The Hall–Kier alpha value is -3.62. The summed E-state index contributed by atoms with van der Waals surface area (Å²) < 4.78 is 0. The van der Waals surface area contributed by atoms with E-state index in [4.69, 9.17) is 22.0 Å². The zero-order chi connectivity index (χ0) is 29.6. The number of benzene rings is 1. The second-order valence-electron chi connectivity index (χ2n) is 11.6. The highest BCUT2D eigenvalue weighted by atomic mass is 35.5. The molecular weight excluding hydrogens is 556 g/mol. The minimum absolute atomic E-state index is 0.0966. The SMILES string of the molecule is CN(c1ccc(C#N)c(Cl)c1)C1CCC(NC(=O)c2ccc(N3CCC(CN4CCN(C(=O)O)CC4)CC3)nn2)CC1. The molecule has 0 spiro atoms. The van der Waals surface area contributed by atoms with E-state index in [1.807, 2.05) is 25.2 Å². The first-order valence-electron chi connectivity index (χ1n) is 14.8. The molecule has 0 radical (unpaired) electrons. The van der Waals surface area contributed by atoms with Gasteiger partial charge < -0.3 is 25.1 Å². The maximum atomic E-state index is 12.9. The van der Waals surface area contributed by atoms with Gasteiger partial charge in [-0.15, -0.1) is 10.2 Å². The number of carbonyl (C=O) groups is 2. The fourth-order valence-electron chi connectivity index (χ4n) is 6.34. The van der Waals surface area contributed by atoms with Crippen molar-refractivity contribution in [2.45, 2.75) is 50.6 Å². The van der Waals surface area contributed by atoms with Crippen molar-refractivity contribution in [2.75, 3.05) is 62.7 Å². The molecule has 0 bridgehead atoms. The van der Waals surface area contributed by atoms with Crippen molar-refractivity contribution in [3.8, 4) is 6.07 Å². The molecule has 1 aliphatic carbocycles. The van der Waals surface area contributed by atoms with E-state index in [0.717, 1.165) is 82.8 Å². The Bertz CT molecular complexity index is 1280. The summed E-state index contributed by atoms with van der Waals surface area (Å²) in [6, 6.07) is 11.7. The van der Waals surface area contributed by atoms with Crippen LogP contribution in [0.3, 0.4) is 0 Å². The molecule has 5 rings (SSSR count). The summed E-state index contributed by atoms with van der Waals surface area (Å²) in [5.41, 5.74) is 1.80. The van der Waals surface area contributed by atoms with Gasteiger partial charge in [0.15, 0.2) is 11.5 Å². The number of piperidine rings is 1. The lowest BCUT2D eigenvalue weighted by Gasteiger charge is -2.38. The van der Waals surface area contributed by atoms with E-state index in [-0.39, 0.29) is 11.9 Å². The number of hydrogen-bond acceptors (Lipinski definition) is 8. The fraction of sp³-hybridized carbons (Fsp3) is 0.567. The third-order valence-electron chi connectivity index (χ3n) is 9.04. The van der Waals surface area contributed by atoms with E-state index in [1.54, 1.807) is 12.1 Å². The fourth-order valence-corrected chi connectivity index (χ4v) is 6.56. The van der Waals surface area contributed by atoms with Crippen molar-refractivity contribution in [3.63, 3.8) is 0 Å². The predicted molar refractivity (Wildman–Crippen MR) is 161 cm³/mol. The number of carbonyl (C=O) groups excluding carboxylic acids is 1. The van der Waals surface area contributed by atoms with Gasteiger partial charge in [0.25, 0.3) is 5.91 Å². The first kappa shape index (κ1) is 29.9. The van der Waals surface area contributed by atoms with Crippen molar-refractivity contribution in [1.29, 1.82) is 5.26 Å². The number of aromatic nitrogens is 2. The molecule has 2 amide bonds. The molecule has 2 saturated heterocycles. The van der Waals surface area contributed by atoms with Crippen LogP contribution in [0.15, 0.2) is 30.3 Å². The molecule has 2 aliphatic heterocycles. The predicted octanol–water partition coefficient (Wildman–Crippen LogP) is 3.69. The van der Waals surface area contributed by atoms with Crippen molar-refractivity contribution in [3.05, 3.63) is 46.6 Å². The number of nitrogens with one attached hydrogen (secondary N) is 1. The number of anilines is 2. The molecule has 2 N–H and O–H groups in total. The van der Waals surface area contributed by atoms with Crippen molar-refractivity contribution >= 4 is 35.1 Å². The van der Waals surface area contributed by atoms with Gasteiger partial charge in [-0.05, 0) is 74.8 Å². The molecule has 0 atom stereocenters. The number of rotatable bonds is 7. The quantitative estimate of drug-likeness (QED) is 0.493. The Kier molecular flexibility index (Phi) is 9.65. The molecule has 11 nitrogen and oxygen atoms in total. The highest BCUT2D eigenvalue weighted by molar-refractivity contribution is 6.32. The van der Waals surface area contributed by atoms with Gasteiger partial charge in [0.1, 0.15) is 6.07 Å². The summed E-state index contributed by atoms with van der Waals surface area (Å²) in [6.07, 6.45) is 4.92. The number of carboxylic acid groups (broad SMARTS) is 1. The molecule has 3 fully saturated rings. The van der Waals surface area contributed by atoms with Gasteiger partial charge in [0.2, 0.25) is 0 Å². The molecule has 1 saturated carbocycles. The summed E-state index contributed by atoms with van der Waals surface area (Å²) in [5, 5.41) is 30.5. The van der Waals surface area contributed by atoms with Gasteiger partial charge in [-0.2, -0.15) is 5.26 Å². The summed E-state index contributed by atoms with van der Waals surface area (Å²) in [7, 11) is 2.05. The molecule has 1 aromatic carbocycles. The zero-order valence-electron chi connectivity index (χ0n) is 24.1. The van der Waals surface area contributed by atoms with Crippen LogP contribution in [-0.2, 0) is 0 Å². The smallest absolute Gasteiger partial charge is 0.407 e.